The smallest absolute Gasteiger partial charge is 0.244 e. The van der Waals surface area contributed by atoms with Crippen LogP contribution >= 0.6 is 11.8 Å². The van der Waals surface area contributed by atoms with Crippen molar-refractivity contribution < 1.29 is 13.2 Å². The highest BCUT2D eigenvalue weighted by atomic mass is 32.2. The summed E-state index contributed by atoms with van der Waals surface area (Å²) in [4.78, 5) is 13.4. The third-order valence-corrected chi connectivity index (χ3v) is 7.08. The van der Waals surface area contributed by atoms with Crippen molar-refractivity contribution in [2.75, 3.05) is 19.3 Å². The Bertz CT molecular complexity index is 902. The Kier molecular flexibility index (Phi) is 8.29. The molecule has 0 saturated carbocycles. The molecule has 2 rings (SSSR count). The molecule has 2 aromatic rings. The molecule has 0 aliphatic rings. The van der Waals surface area contributed by atoms with Crippen molar-refractivity contribution >= 4 is 33.8 Å². The minimum atomic E-state index is -3.46. The first-order valence-electron chi connectivity index (χ1n) is 9.09. The molecule has 0 aliphatic heterocycles. The van der Waals surface area contributed by atoms with Gasteiger partial charge >= 0.3 is 0 Å². The van der Waals surface area contributed by atoms with Crippen molar-refractivity contribution in [1.82, 2.24) is 9.62 Å². The van der Waals surface area contributed by atoms with Crippen molar-refractivity contribution in [3.05, 3.63) is 65.7 Å². The van der Waals surface area contributed by atoms with Crippen LogP contribution in [-0.2, 0) is 21.4 Å². The molecule has 1 amide bonds. The molecule has 0 heterocycles. The Morgan fingerprint density at radius 2 is 1.64 bits per heavy atom. The summed E-state index contributed by atoms with van der Waals surface area (Å²) in [6.07, 6.45) is 5.27. The average molecular weight is 419 g/mol. The molecule has 0 atom stereocenters. The molecule has 5 nitrogen and oxygen atoms in total. The second-order valence-electron chi connectivity index (χ2n) is 6.06. The molecular weight excluding hydrogens is 392 g/mol. The zero-order valence-electron chi connectivity index (χ0n) is 16.4. The van der Waals surface area contributed by atoms with Gasteiger partial charge in [0.05, 0.1) is 4.90 Å². The van der Waals surface area contributed by atoms with E-state index in [1.165, 1.54) is 15.3 Å². The molecule has 28 heavy (non-hydrogen) atoms. The van der Waals surface area contributed by atoms with Crippen LogP contribution in [0.3, 0.4) is 0 Å². The van der Waals surface area contributed by atoms with Gasteiger partial charge in [0.15, 0.2) is 0 Å². The van der Waals surface area contributed by atoms with Gasteiger partial charge in [-0.1, -0.05) is 38.1 Å². The van der Waals surface area contributed by atoms with E-state index in [1.807, 2.05) is 44.4 Å². The van der Waals surface area contributed by atoms with Crippen LogP contribution in [0.2, 0.25) is 0 Å². The molecule has 150 valence electrons. The van der Waals surface area contributed by atoms with Gasteiger partial charge < -0.3 is 5.32 Å². The van der Waals surface area contributed by atoms with Crippen LogP contribution in [0.4, 0.5) is 0 Å². The van der Waals surface area contributed by atoms with Crippen LogP contribution < -0.4 is 5.32 Å². The number of rotatable bonds is 9. The largest absolute Gasteiger partial charge is 0.348 e. The van der Waals surface area contributed by atoms with Gasteiger partial charge in [0.2, 0.25) is 15.9 Å². The van der Waals surface area contributed by atoms with Gasteiger partial charge in [-0.05, 0) is 47.7 Å². The first-order valence-corrected chi connectivity index (χ1v) is 11.8. The van der Waals surface area contributed by atoms with Gasteiger partial charge in [-0.2, -0.15) is 4.31 Å². The molecule has 7 heteroatoms. The van der Waals surface area contributed by atoms with E-state index in [4.69, 9.17) is 0 Å². The lowest BCUT2D eigenvalue weighted by atomic mass is 10.2. The minimum absolute atomic E-state index is 0.200. The number of carbonyl (C=O) groups is 1. The van der Waals surface area contributed by atoms with E-state index in [9.17, 15) is 13.2 Å². The Labute approximate surface area is 171 Å². The van der Waals surface area contributed by atoms with Gasteiger partial charge in [-0.3, -0.25) is 4.79 Å². The molecule has 0 bridgehead atoms. The van der Waals surface area contributed by atoms with E-state index >= 15 is 0 Å². The van der Waals surface area contributed by atoms with E-state index in [2.05, 4.69) is 5.32 Å². The SMILES string of the molecule is CCN(CC)S(=O)(=O)c1ccc(CNC(=O)/C=C/c2ccc(SC)cc2)cc1. The first-order chi connectivity index (χ1) is 13.4. The molecule has 0 saturated heterocycles. The normalized spacial score (nSPS) is 11.9. The standard InChI is InChI=1S/C21H26N2O3S2/c1-4-23(5-2)28(25,26)20-13-8-18(9-14-20)16-22-21(24)15-10-17-6-11-19(27-3)12-7-17/h6-15H,4-5,16H2,1-3H3,(H,22,24)/b15-10+. The van der Waals surface area contributed by atoms with Gasteiger partial charge in [-0.15, -0.1) is 11.8 Å². The summed E-state index contributed by atoms with van der Waals surface area (Å²) in [7, 11) is -3.46. The van der Waals surface area contributed by atoms with Gasteiger partial charge in [-0.25, -0.2) is 8.42 Å². The van der Waals surface area contributed by atoms with Gasteiger partial charge in [0.1, 0.15) is 0 Å². The number of carbonyl (C=O) groups excluding carboxylic acids is 1. The quantitative estimate of drug-likeness (QED) is 0.497. The summed E-state index contributed by atoms with van der Waals surface area (Å²) >= 11 is 1.67. The molecule has 0 radical (unpaired) electrons. The Morgan fingerprint density at radius 1 is 1.04 bits per heavy atom. The molecular formula is C21H26N2O3S2. The summed E-state index contributed by atoms with van der Waals surface area (Å²) in [6, 6.07) is 14.6. The topological polar surface area (TPSA) is 66.5 Å². The summed E-state index contributed by atoms with van der Waals surface area (Å²) in [5.74, 6) is -0.200. The maximum absolute atomic E-state index is 12.5. The Morgan fingerprint density at radius 3 is 2.18 bits per heavy atom. The Balaban J connectivity index is 1.93. The van der Waals surface area contributed by atoms with Crippen LogP contribution in [-0.4, -0.2) is 38.0 Å². The summed E-state index contributed by atoms with van der Waals surface area (Å²) < 4.78 is 26.4. The summed E-state index contributed by atoms with van der Waals surface area (Å²) in [5, 5.41) is 2.81. The second-order valence-corrected chi connectivity index (χ2v) is 8.88. The van der Waals surface area contributed by atoms with E-state index < -0.39 is 10.0 Å². The minimum Gasteiger partial charge on any atom is -0.348 e. The van der Waals surface area contributed by atoms with Gasteiger partial charge in [0.25, 0.3) is 0 Å². The lowest BCUT2D eigenvalue weighted by Crippen LogP contribution is -2.30. The maximum Gasteiger partial charge on any atom is 0.244 e. The Hall–Kier alpha value is -2.09. The number of nitrogens with zero attached hydrogens (tertiary/aromatic N) is 1. The van der Waals surface area contributed by atoms with Crippen LogP contribution in [0.25, 0.3) is 6.08 Å². The van der Waals surface area contributed by atoms with Crippen LogP contribution in [0.15, 0.2) is 64.4 Å². The number of amides is 1. The number of benzene rings is 2. The fourth-order valence-electron chi connectivity index (χ4n) is 2.63. The monoisotopic (exact) mass is 418 g/mol. The number of hydrogen-bond donors (Lipinski definition) is 1. The predicted molar refractivity (Wildman–Crippen MR) is 116 cm³/mol. The van der Waals surface area contributed by atoms with Crippen LogP contribution in [0.1, 0.15) is 25.0 Å². The average Bonchev–Trinajstić information content (AvgIpc) is 2.72. The molecule has 0 aliphatic carbocycles. The van der Waals surface area contributed by atoms with E-state index in [1.54, 1.807) is 42.1 Å². The number of sulfonamides is 1. The molecule has 0 unspecified atom stereocenters. The third kappa shape index (κ3) is 5.95. The van der Waals surface area contributed by atoms with Crippen LogP contribution in [0.5, 0.6) is 0 Å². The maximum atomic E-state index is 12.5. The number of hydrogen-bond acceptors (Lipinski definition) is 4. The third-order valence-electron chi connectivity index (χ3n) is 4.28. The highest BCUT2D eigenvalue weighted by Crippen LogP contribution is 2.17. The highest BCUT2D eigenvalue weighted by molar-refractivity contribution is 7.98. The molecule has 2 aromatic carbocycles. The molecule has 0 spiro atoms. The van der Waals surface area contributed by atoms with Crippen molar-refractivity contribution in [2.24, 2.45) is 0 Å². The molecule has 1 N–H and O–H groups in total. The number of thioether (sulfide) groups is 1. The predicted octanol–water partition coefficient (Wildman–Crippen LogP) is 3.77. The molecule has 0 fully saturated rings. The zero-order valence-corrected chi connectivity index (χ0v) is 18.0. The fourth-order valence-corrected chi connectivity index (χ4v) is 4.49. The first kappa shape index (κ1) is 22.2. The lowest BCUT2D eigenvalue weighted by molar-refractivity contribution is -0.116. The summed E-state index contributed by atoms with van der Waals surface area (Å²) in [6.45, 7) is 4.83. The second kappa shape index (κ2) is 10.5. The summed E-state index contributed by atoms with van der Waals surface area (Å²) in [5.41, 5.74) is 1.79. The highest BCUT2D eigenvalue weighted by Gasteiger charge is 2.21. The number of nitrogens with one attached hydrogen (secondary N) is 1. The van der Waals surface area contributed by atoms with Crippen molar-refractivity contribution in [3.8, 4) is 0 Å². The van der Waals surface area contributed by atoms with E-state index in [0.717, 1.165) is 11.1 Å². The van der Waals surface area contributed by atoms with Crippen LogP contribution in [0, 0.1) is 0 Å². The lowest BCUT2D eigenvalue weighted by Gasteiger charge is -2.18. The van der Waals surface area contributed by atoms with Gasteiger partial charge in [0, 0.05) is 30.6 Å². The zero-order chi connectivity index (χ0) is 20.6. The van der Waals surface area contributed by atoms with E-state index in [-0.39, 0.29) is 10.8 Å². The molecule has 0 aromatic heterocycles. The van der Waals surface area contributed by atoms with Crippen molar-refractivity contribution in [3.63, 3.8) is 0 Å². The van der Waals surface area contributed by atoms with Crippen molar-refractivity contribution in [1.29, 1.82) is 0 Å². The van der Waals surface area contributed by atoms with Crippen molar-refractivity contribution in [2.45, 2.75) is 30.2 Å². The fraction of sp³-hybridized carbons (Fsp3) is 0.286. The van der Waals surface area contributed by atoms with E-state index in [0.29, 0.717) is 19.6 Å².